The number of anilines is 1. The molecule has 0 spiro atoms. The maximum atomic E-state index is 10.6. The smallest absolute Gasteiger partial charge is 0.475 e. The Balaban J connectivity index is 0.000000454. The van der Waals surface area contributed by atoms with Gasteiger partial charge in [0.1, 0.15) is 11.7 Å². The Hall–Kier alpha value is -4.46. The molecule has 8 nitrogen and oxygen atoms in total. The Bertz CT molecular complexity index is 1390. The molecule has 3 heterocycles. The molecular weight excluding hydrogens is 473 g/mol. The Morgan fingerprint density at radius 2 is 1.92 bits per heavy atom. The highest BCUT2D eigenvalue weighted by Crippen LogP contribution is 2.25. The van der Waals surface area contributed by atoms with E-state index >= 15 is 0 Å². The second kappa shape index (κ2) is 11.3. The molecule has 0 aliphatic carbocycles. The molecule has 0 radical (unpaired) electrons. The molecule has 0 saturated heterocycles. The van der Waals surface area contributed by atoms with Crippen molar-refractivity contribution in [2.24, 2.45) is 0 Å². The van der Waals surface area contributed by atoms with Gasteiger partial charge in [-0.05, 0) is 44.4 Å². The molecule has 0 aliphatic heterocycles. The quantitative estimate of drug-likeness (QED) is 0.363. The van der Waals surface area contributed by atoms with Crippen molar-refractivity contribution in [3.8, 4) is 17.3 Å². The summed E-state index contributed by atoms with van der Waals surface area (Å²) in [4.78, 5) is 22.5. The van der Waals surface area contributed by atoms with Gasteiger partial charge < -0.3 is 10.4 Å². The minimum Gasteiger partial charge on any atom is -0.475 e. The summed E-state index contributed by atoms with van der Waals surface area (Å²) in [6.45, 7) is 4.97. The molecule has 0 fully saturated rings. The summed E-state index contributed by atoms with van der Waals surface area (Å²) in [5.74, 6) is -1.98. The number of aliphatic carboxylic acids is 1. The van der Waals surface area contributed by atoms with Crippen LogP contribution in [0.5, 0.6) is 0 Å². The molecule has 0 atom stereocenters. The minimum atomic E-state index is -5.08. The van der Waals surface area contributed by atoms with E-state index in [9.17, 15) is 13.2 Å². The van der Waals surface area contributed by atoms with Gasteiger partial charge in [0.15, 0.2) is 0 Å². The summed E-state index contributed by atoms with van der Waals surface area (Å²) >= 11 is 0. The van der Waals surface area contributed by atoms with Crippen LogP contribution in [0.2, 0.25) is 0 Å². The van der Waals surface area contributed by atoms with Gasteiger partial charge in [-0.25, -0.2) is 14.8 Å². The SMILES string of the molecule is Cc1ccc(-c2cc3nccn3c(NCCCc3ccc(C#N)cn3)n2)c(C)c1.O=C(O)C(F)(F)F. The summed E-state index contributed by atoms with van der Waals surface area (Å²) < 4.78 is 33.7. The summed E-state index contributed by atoms with van der Waals surface area (Å²) in [5.41, 5.74) is 6.90. The van der Waals surface area contributed by atoms with Crippen molar-refractivity contribution in [1.29, 1.82) is 5.26 Å². The lowest BCUT2D eigenvalue weighted by Gasteiger charge is -2.12. The number of halogens is 3. The number of aromatic nitrogens is 4. The van der Waals surface area contributed by atoms with E-state index in [1.54, 1.807) is 18.5 Å². The number of nitriles is 1. The average Bonchev–Trinajstić information content (AvgIpc) is 3.31. The van der Waals surface area contributed by atoms with Crippen LogP contribution in [0.1, 0.15) is 28.8 Å². The summed E-state index contributed by atoms with van der Waals surface area (Å²) in [6, 6.07) is 14.2. The van der Waals surface area contributed by atoms with Crippen LogP contribution in [-0.2, 0) is 11.2 Å². The van der Waals surface area contributed by atoms with Crippen molar-refractivity contribution >= 4 is 17.6 Å². The second-order valence-electron chi connectivity index (χ2n) is 7.92. The fourth-order valence-electron chi connectivity index (χ4n) is 3.40. The summed E-state index contributed by atoms with van der Waals surface area (Å²) in [5, 5.41) is 19.4. The molecule has 4 aromatic rings. The van der Waals surface area contributed by atoms with Crippen molar-refractivity contribution in [2.75, 3.05) is 11.9 Å². The maximum absolute atomic E-state index is 10.6. The van der Waals surface area contributed by atoms with Crippen molar-refractivity contribution in [2.45, 2.75) is 32.9 Å². The number of nitrogens with zero attached hydrogens (tertiary/aromatic N) is 5. The fraction of sp³-hybridized carbons (Fsp3) is 0.240. The van der Waals surface area contributed by atoms with Gasteiger partial charge in [-0.2, -0.15) is 18.4 Å². The third kappa shape index (κ3) is 6.79. The number of carboxylic acid groups (broad SMARTS) is 1. The van der Waals surface area contributed by atoms with Gasteiger partial charge in [-0.15, -0.1) is 0 Å². The predicted octanol–water partition coefficient (Wildman–Crippen LogP) is 4.96. The van der Waals surface area contributed by atoms with E-state index in [1.807, 2.05) is 22.7 Å². The number of pyridine rings is 1. The maximum Gasteiger partial charge on any atom is 0.490 e. The van der Waals surface area contributed by atoms with Gasteiger partial charge in [0.25, 0.3) is 0 Å². The topological polar surface area (TPSA) is 116 Å². The first kappa shape index (κ1) is 26.2. The molecule has 0 aliphatic rings. The summed E-state index contributed by atoms with van der Waals surface area (Å²) in [6.07, 6.45) is 1.98. The number of alkyl halides is 3. The van der Waals surface area contributed by atoms with Crippen LogP contribution >= 0.6 is 0 Å². The van der Waals surface area contributed by atoms with Gasteiger partial charge in [0.2, 0.25) is 5.95 Å². The van der Waals surface area contributed by atoms with Crippen molar-refractivity contribution in [1.82, 2.24) is 19.4 Å². The third-order valence-electron chi connectivity index (χ3n) is 5.14. The van der Waals surface area contributed by atoms with Gasteiger partial charge in [-0.3, -0.25) is 9.38 Å². The monoisotopic (exact) mass is 496 g/mol. The molecule has 0 amide bonds. The van der Waals surface area contributed by atoms with E-state index in [0.717, 1.165) is 47.9 Å². The minimum absolute atomic E-state index is 0.585. The number of carboxylic acids is 1. The number of fused-ring (bicyclic) bond motifs is 1. The standard InChI is InChI=1S/C23H22N6.C2HF3O2/c1-16-5-8-20(17(2)12-16)21-13-22-25-10-11-29(22)23(28-21)26-9-3-4-19-7-6-18(14-24)15-27-19;3-2(4,5)1(6)7/h5-8,10-13,15H,3-4,9H2,1-2H3,(H,26,28);(H,6,7). The predicted molar refractivity (Wildman–Crippen MR) is 127 cm³/mol. The molecule has 1 aromatic carbocycles. The molecule has 186 valence electrons. The number of nitrogens with one attached hydrogen (secondary N) is 1. The molecule has 11 heteroatoms. The highest BCUT2D eigenvalue weighted by molar-refractivity contribution is 5.73. The number of imidazole rings is 1. The highest BCUT2D eigenvalue weighted by Gasteiger charge is 2.38. The van der Waals surface area contributed by atoms with Crippen LogP contribution in [0, 0.1) is 25.2 Å². The number of rotatable bonds is 6. The van der Waals surface area contributed by atoms with Gasteiger partial charge >= 0.3 is 12.1 Å². The Kier molecular flexibility index (Phi) is 8.22. The van der Waals surface area contributed by atoms with Crippen LogP contribution in [-0.4, -0.2) is 43.1 Å². The molecule has 36 heavy (non-hydrogen) atoms. The lowest BCUT2D eigenvalue weighted by atomic mass is 10.0. The van der Waals surface area contributed by atoms with E-state index in [-0.39, 0.29) is 0 Å². The van der Waals surface area contributed by atoms with Gasteiger partial charge in [0, 0.05) is 42.5 Å². The number of benzene rings is 1. The number of hydrogen-bond acceptors (Lipinski definition) is 6. The van der Waals surface area contributed by atoms with Crippen LogP contribution in [0.25, 0.3) is 16.9 Å². The molecule has 0 bridgehead atoms. The van der Waals surface area contributed by atoms with Crippen molar-refractivity contribution in [3.05, 3.63) is 77.4 Å². The second-order valence-corrected chi connectivity index (χ2v) is 7.92. The first-order chi connectivity index (χ1) is 17.1. The number of hydrogen-bond donors (Lipinski definition) is 2. The Morgan fingerprint density at radius 3 is 2.53 bits per heavy atom. The largest absolute Gasteiger partial charge is 0.490 e. The molecule has 0 unspecified atom stereocenters. The van der Waals surface area contributed by atoms with Crippen molar-refractivity contribution < 1.29 is 23.1 Å². The van der Waals surface area contributed by atoms with Crippen LogP contribution in [0.3, 0.4) is 0 Å². The first-order valence-corrected chi connectivity index (χ1v) is 10.9. The number of carbonyl (C=O) groups is 1. The Morgan fingerprint density at radius 1 is 1.17 bits per heavy atom. The Labute approximate surface area is 205 Å². The van der Waals surface area contributed by atoms with E-state index in [1.165, 1.54) is 11.1 Å². The molecule has 0 saturated carbocycles. The zero-order valence-electron chi connectivity index (χ0n) is 19.5. The van der Waals surface area contributed by atoms with E-state index in [4.69, 9.17) is 20.1 Å². The van der Waals surface area contributed by atoms with E-state index < -0.39 is 12.1 Å². The van der Waals surface area contributed by atoms with Gasteiger partial charge in [-0.1, -0.05) is 23.8 Å². The fourth-order valence-corrected chi connectivity index (χ4v) is 3.40. The molecule has 4 rings (SSSR count). The van der Waals surface area contributed by atoms with Gasteiger partial charge in [0.05, 0.1) is 11.3 Å². The van der Waals surface area contributed by atoms with Crippen molar-refractivity contribution in [3.63, 3.8) is 0 Å². The molecule has 3 aromatic heterocycles. The average molecular weight is 496 g/mol. The van der Waals surface area contributed by atoms with E-state index in [2.05, 4.69) is 53.4 Å². The third-order valence-corrected chi connectivity index (χ3v) is 5.14. The van der Waals surface area contributed by atoms with Crippen LogP contribution in [0.15, 0.2) is 55.0 Å². The lowest BCUT2D eigenvalue weighted by Crippen LogP contribution is -2.21. The van der Waals surface area contributed by atoms with Crippen LogP contribution < -0.4 is 5.32 Å². The van der Waals surface area contributed by atoms with Crippen LogP contribution in [0.4, 0.5) is 19.1 Å². The highest BCUT2D eigenvalue weighted by atomic mass is 19.4. The zero-order valence-corrected chi connectivity index (χ0v) is 19.5. The molecular formula is C25H23F3N6O2. The lowest BCUT2D eigenvalue weighted by molar-refractivity contribution is -0.192. The summed E-state index contributed by atoms with van der Waals surface area (Å²) in [7, 11) is 0. The molecule has 2 N–H and O–H groups in total. The first-order valence-electron chi connectivity index (χ1n) is 10.9. The normalized spacial score (nSPS) is 10.9. The van der Waals surface area contributed by atoms with E-state index in [0.29, 0.717) is 5.56 Å². The zero-order chi connectivity index (χ0) is 26.3. The number of aryl methyl sites for hydroxylation is 3.